The first-order valence-corrected chi connectivity index (χ1v) is 7.10. The van der Waals surface area contributed by atoms with Crippen molar-refractivity contribution in [1.82, 2.24) is 0 Å². The van der Waals surface area contributed by atoms with E-state index in [1.807, 2.05) is 48.5 Å². The molecule has 0 spiro atoms. The number of para-hydroxylation sites is 1. The van der Waals surface area contributed by atoms with Crippen LogP contribution in [0.2, 0.25) is 0 Å². The molecule has 2 aromatic carbocycles. The molecular formula is C17H18N2O2. The molecule has 0 radical (unpaired) electrons. The Hall–Kier alpha value is -2.33. The van der Waals surface area contributed by atoms with Crippen molar-refractivity contribution < 1.29 is 9.53 Å². The lowest BCUT2D eigenvalue weighted by atomic mass is 10.1. The molecule has 0 fully saturated rings. The van der Waals surface area contributed by atoms with Gasteiger partial charge in [0.1, 0.15) is 5.75 Å². The van der Waals surface area contributed by atoms with Crippen molar-refractivity contribution in [3.05, 3.63) is 59.7 Å². The minimum atomic E-state index is -0.481. The second-order valence-electron chi connectivity index (χ2n) is 5.14. The van der Waals surface area contributed by atoms with E-state index in [9.17, 15) is 4.79 Å². The third kappa shape index (κ3) is 3.06. The largest absolute Gasteiger partial charge is 0.481 e. The van der Waals surface area contributed by atoms with Crippen molar-refractivity contribution in [2.24, 2.45) is 5.73 Å². The number of amides is 1. The van der Waals surface area contributed by atoms with Crippen LogP contribution >= 0.6 is 0 Å². The second-order valence-corrected chi connectivity index (χ2v) is 5.14. The van der Waals surface area contributed by atoms with Crippen LogP contribution < -0.4 is 15.8 Å². The van der Waals surface area contributed by atoms with Gasteiger partial charge in [-0.15, -0.1) is 0 Å². The molecule has 0 aromatic heterocycles. The third-order valence-corrected chi connectivity index (χ3v) is 3.66. The fourth-order valence-corrected chi connectivity index (χ4v) is 2.51. The Morgan fingerprint density at radius 1 is 1.19 bits per heavy atom. The number of fused-ring (bicyclic) bond motifs is 1. The van der Waals surface area contributed by atoms with Crippen molar-refractivity contribution in [2.75, 3.05) is 5.32 Å². The molecular weight excluding hydrogens is 264 g/mol. The van der Waals surface area contributed by atoms with Gasteiger partial charge in [0.2, 0.25) is 0 Å². The highest BCUT2D eigenvalue weighted by Crippen LogP contribution is 2.24. The Balaban J connectivity index is 1.76. The van der Waals surface area contributed by atoms with E-state index in [-0.39, 0.29) is 5.91 Å². The Labute approximate surface area is 123 Å². The molecule has 4 heteroatoms. The number of aryl methyl sites for hydroxylation is 1. The summed E-state index contributed by atoms with van der Waals surface area (Å²) in [6.45, 7) is 0.458. The van der Waals surface area contributed by atoms with E-state index in [0.29, 0.717) is 18.7 Å². The molecule has 108 valence electrons. The normalized spacial score (nSPS) is 17.6. The summed E-state index contributed by atoms with van der Waals surface area (Å²) in [5, 5.41) is 2.93. The molecule has 4 nitrogen and oxygen atoms in total. The summed E-state index contributed by atoms with van der Waals surface area (Å²) in [5.41, 5.74) is 8.64. The van der Waals surface area contributed by atoms with Crippen LogP contribution in [0, 0.1) is 0 Å². The van der Waals surface area contributed by atoms with Gasteiger partial charge in [0.25, 0.3) is 5.91 Å². The molecule has 1 aliphatic rings. The zero-order valence-electron chi connectivity index (χ0n) is 11.7. The van der Waals surface area contributed by atoms with Crippen LogP contribution in [0.15, 0.2) is 48.5 Å². The fourth-order valence-electron chi connectivity index (χ4n) is 2.51. The first-order valence-electron chi connectivity index (χ1n) is 7.10. The van der Waals surface area contributed by atoms with Crippen LogP contribution in [0.4, 0.5) is 5.69 Å². The van der Waals surface area contributed by atoms with Gasteiger partial charge in [-0.2, -0.15) is 0 Å². The first kappa shape index (κ1) is 13.6. The van der Waals surface area contributed by atoms with Crippen molar-refractivity contribution in [3.8, 4) is 5.75 Å². The molecule has 3 N–H and O–H groups in total. The molecule has 0 saturated carbocycles. The lowest BCUT2D eigenvalue weighted by Gasteiger charge is -2.16. The highest BCUT2D eigenvalue weighted by atomic mass is 16.5. The lowest BCUT2D eigenvalue weighted by molar-refractivity contribution is -0.122. The number of carbonyl (C=O) groups excluding carboxylic acids is 1. The van der Waals surface area contributed by atoms with Crippen LogP contribution in [0.25, 0.3) is 0 Å². The topological polar surface area (TPSA) is 64.3 Å². The van der Waals surface area contributed by atoms with E-state index in [2.05, 4.69) is 5.32 Å². The van der Waals surface area contributed by atoms with E-state index >= 15 is 0 Å². The Kier molecular flexibility index (Phi) is 3.88. The molecule has 1 unspecified atom stereocenters. The molecule has 1 amide bonds. The van der Waals surface area contributed by atoms with Gasteiger partial charge in [0.15, 0.2) is 6.10 Å². The Morgan fingerprint density at radius 2 is 2.05 bits per heavy atom. The van der Waals surface area contributed by atoms with Crippen molar-refractivity contribution in [2.45, 2.75) is 25.5 Å². The summed E-state index contributed by atoms with van der Waals surface area (Å²) in [5.74, 6) is 0.585. The van der Waals surface area contributed by atoms with Gasteiger partial charge in [0.05, 0.1) is 0 Å². The molecule has 2 aromatic rings. The smallest absolute Gasteiger partial charge is 0.265 e. The standard InChI is InChI=1S/C17H18N2O2/c18-11-12-4-3-6-14(10-12)21-16-9-8-13-5-1-2-7-15(13)19-17(16)20/h1-7,10,16H,8-9,11,18H2,(H,19,20). The van der Waals surface area contributed by atoms with Crippen LogP contribution in [0.1, 0.15) is 17.5 Å². The van der Waals surface area contributed by atoms with E-state index in [4.69, 9.17) is 10.5 Å². The van der Waals surface area contributed by atoms with E-state index < -0.39 is 6.10 Å². The zero-order valence-corrected chi connectivity index (χ0v) is 11.7. The van der Waals surface area contributed by atoms with Crippen LogP contribution in [-0.2, 0) is 17.8 Å². The third-order valence-electron chi connectivity index (χ3n) is 3.66. The van der Waals surface area contributed by atoms with Gasteiger partial charge in [-0.3, -0.25) is 4.79 Å². The van der Waals surface area contributed by atoms with Crippen LogP contribution in [-0.4, -0.2) is 12.0 Å². The van der Waals surface area contributed by atoms with E-state index in [0.717, 1.165) is 23.2 Å². The Morgan fingerprint density at radius 3 is 2.90 bits per heavy atom. The quantitative estimate of drug-likeness (QED) is 0.909. The number of nitrogens with one attached hydrogen (secondary N) is 1. The van der Waals surface area contributed by atoms with Gasteiger partial charge in [-0.1, -0.05) is 30.3 Å². The van der Waals surface area contributed by atoms with Gasteiger partial charge in [0, 0.05) is 12.2 Å². The van der Waals surface area contributed by atoms with E-state index in [1.165, 1.54) is 0 Å². The molecule has 0 saturated heterocycles. The fraction of sp³-hybridized carbons (Fsp3) is 0.235. The first-order chi connectivity index (χ1) is 10.3. The SMILES string of the molecule is NCc1cccc(OC2CCc3ccccc3NC2=O)c1. The number of nitrogens with two attached hydrogens (primary N) is 1. The summed E-state index contributed by atoms with van der Waals surface area (Å²) in [7, 11) is 0. The van der Waals surface area contributed by atoms with Gasteiger partial charge >= 0.3 is 0 Å². The summed E-state index contributed by atoms with van der Waals surface area (Å²) >= 11 is 0. The second kappa shape index (κ2) is 5.97. The van der Waals surface area contributed by atoms with Crippen molar-refractivity contribution >= 4 is 11.6 Å². The summed E-state index contributed by atoms with van der Waals surface area (Å²) in [6.07, 6.45) is 0.997. The summed E-state index contributed by atoms with van der Waals surface area (Å²) in [6, 6.07) is 15.4. The van der Waals surface area contributed by atoms with E-state index in [1.54, 1.807) is 0 Å². The number of ether oxygens (including phenoxy) is 1. The number of carbonyl (C=O) groups is 1. The molecule has 1 aliphatic heterocycles. The average Bonchev–Trinajstić information content (AvgIpc) is 2.67. The maximum absolute atomic E-state index is 12.3. The summed E-state index contributed by atoms with van der Waals surface area (Å²) in [4.78, 5) is 12.3. The van der Waals surface area contributed by atoms with Gasteiger partial charge in [-0.25, -0.2) is 0 Å². The molecule has 21 heavy (non-hydrogen) atoms. The number of hydrogen-bond acceptors (Lipinski definition) is 3. The zero-order chi connectivity index (χ0) is 14.7. The van der Waals surface area contributed by atoms with Crippen molar-refractivity contribution in [3.63, 3.8) is 0 Å². The summed E-state index contributed by atoms with van der Waals surface area (Å²) < 4.78 is 5.85. The maximum atomic E-state index is 12.3. The molecule has 1 atom stereocenters. The predicted octanol–water partition coefficient (Wildman–Crippen LogP) is 2.48. The highest BCUT2D eigenvalue weighted by molar-refractivity contribution is 5.95. The van der Waals surface area contributed by atoms with Crippen LogP contribution in [0.5, 0.6) is 5.75 Å². The number of hydrogen-bond donors (Lipinski definition) is 2. The molecule has 0 aliphatic carbocycles. The van der Waals surface area contributed by atoms with Crippen molar-refractivity contribution in [1.29, 1.82) is 0 Å². The molecule has 0 bridgehead atoms. The Bertz CT molecular complexity index is 655. The van der Waals surface area contributed by atoms with Gasteiger partial charge in [-0.05, 0) is 42.2 Å². The number of anilines is 1. The number of rotatable bonds is 3. The monoisotopic (exact) mass is 282 g/mol. The molecule has 1 heterocycles. The van der Waals surface area contributed by atoms with Crippen LogP contribution in [0.3, 0.4) is 0 Å². The molecule has 3 rings (SSSR count). The number of benzene rings is 2. The minimum absolute atomic E-state index is 0.0990. The minimum Gasteiger partial charge on any atom is -0.481 e. The van der Waals surface area contributed by atoms with Gasteiger partial charge < -0.3 is 15.8 Å². The maximum Gasteiger partial charge on any atom is 0.265 e. The predicted molar refractivity (Wildman–Crippen MR) is 82.1 cm³/mol. The average molecular weight is 282 g/mol. The highest BCUT2D eigenvalue weighted by Gasteiger charge is 2.25. The lowest BCUT2D eigenvalue weighted by Crippen LogP contribution is -2.31.